The van der Waals surface area contributed by atoms with Gasteiger partial charge in [-0.05, 0) is 30.5 Å². The Morgan fingerprint density at radius 2 is 2.05 bits per heavy atom. The van der Waals surface area contributed by atoms with Crippen LogP contribution in [0.25, 0.3) is 0 Å². The minimum absolute atomic E-state index is 0.126. The van der Waals surface area contributed by atoms with Crippen LogP contribution in [0.4, 0.5) is 5.82 Å². The van der Waals surface area contributed by atoms with Crippen molar-refractivity contribution in [2.24, 2.45) is 0 Å². The number of nitrogens with zero attached hydrogens (tertiary/aromatic N) is 2. The van der Waals surface area contributed by atoms with E-state index in [9.17, 15) is 9.59 Å². The molecule has 2 aromatic rings. The van der Waals surface area contributed by atoms with Crippen molar-refractivity contribution in [2.75, 3.05) is 11.6 Å². The molecule has 102 valence electrons. The number of rotatable bonds is 4. The Hall–Kier alpha value is -2.41. The van der Waals surface area contributed by atoms with Crippen molar-refractivity contribution in [1.29, 1.82) is 0 Å². The van der Waals surface area contributed by atoms with Gasteiger partial charge in [-0.25, -0.2) is 14.8 Å². The second-order valence-electron chi connectivity index (χ2n) is 3.73. The van der Waals surface area contributed by atoms with Crippen molar-refractivity contribution in [3.05, 3.63) is 47.8 Å². The highest BCUT2D eigenvalue weighted by Gasteiger charge is 2.13. The molecule has 0 aliphatic heterocycles. The number of carboxylic acids is 1. The first-order valence-electron chi connectivity index (χ1n) is 5.62. The van der Waals surface area contributed by atoms with Crippen LogP contribution in [0.5, 0.6) is 0 Å². The van der Waals surface area contributed by atoms with Crippen molar-refractivity contribution in [3.8, 4) is 0 Å². The highest BCUT2D eigenvalue weighted by Crippen LogP contribution is 2.18. The van der Waals surface area contributed by atoms with Gasteiger partial charge < -0.3 is 10.4 Å². The third-order valence-corrected chi connectivity index (χ3v) is 3.13. The number of anilines is 1. The van der Waals surface area contributed by atoms with Gasteiger partial charge in [-0.2, -0.15) is 0 Å². The molecule has 0 fully saturated rings. The van der Waals surface area contributed by atoms with E-state index < -0.39 is 5.97 Å². The van der Waals surface area contributed by atoms with Crippen LogP contribution in [0.1, 0.15) is 20.8 Å². The van der Waals surface area contributed by atoms with Crippen molar-refractivity contribution in [2.45, 2.75) is 5.03 Å². The molecular formula is C13H11N3O3S. The van der Waals surface area contributed by atoms with Crippen molar-refractivity contribution in [3.63, 3.8) is 0 Å². The van der Waals surface area contributed by atoms with Crippen LogP contribution in [0.15, 0.2) is 41.6 Å². The standard InChI is InChI=1S/C13H11N3O3S/c1-20-12-8(4-3-7-14-12)11(17)16-10-6-2-5-9(15-10)13(18)19/h2-7H,1H3,(H,18,19)(H,15,16,17). The van der Waals surface area contributed by atoms with Crippen LogP contribution in [-0.2, 0) is 0 Å². The van der Waals surface area contributed by atoms with Gasteiger partial charge >= 0.3 is 5.97 Å². The lowest BCUT2D eigenvalue weighted by atomic mass is 10.2. The number of hydrogen-bond acceptors (Lipinski definition) is 5. The lowest BCUT2D eigenvalue weighted by molar-refractivity contribution is 0.0690. The maximum absolute atomic E-state index is 12.1. The van der Waals surface area contributed by atoms with Crippen molar-refractivity contribution < 1.29 is 14.7 Å². The first-order valence-corrected chi connectivity index (χ1v) is 6.85. The SMILES string of the molecule is CSc1ncccc1C(=O)Nc1cccc(C(=O)O)n1. The molecule has 0 aliphatic rings. The number of hydrogen-bond donors (Lipinski definition) is 2. The summed E-state index contributed by atoms with van der Waals surface area (Å²) in [4.78, 5) is 30.9. The summed E-state index contributed by atoms with van der Waals surface area (Å²) >= 11 is 1.36. The third kappa shape index (κ3) is 3.12. The molecule has 0 aromatic carbocycles. The summed E-state index contributed by atoms with van der Waals surface area (Å²) in [5.41, 5.74) is 0.293. The molecule has 2 N–H and O–H groups in total. The summed E-state index contributed by atoms with van der Waals surface area (Å²) in [5.74, 6) is -1.34. The third-order valence-electron chi connectivity index (χ3n) is 2.42. The number of pyridine rings is 2. The van der Waals surface area contributed by atoms with Gasteiger partial charge in [0.25, 0.3) is 5.91 Å². The van der Waals surface area contributed by atoms with E-state index in [0.29, 0.717) is 10.6 Å². The molecule has 2 aromatic heterocycles. The number of carbonyl (C=O) groups is 2. The minimum Gasteiger partial charge on any atom is -0.477 e. The molecule has 1 amide bonds. The molecule has 7 heteroatoms. The zero-order chi connectivity index (χ0) is 14.5. The van der Waals surface area contributed by atoms with Gasteiger partial charge in [0.2, 0.25) is 0 Å². The van der Waals surface area contributed by atoms with Crippen LogP contribution in [0.2, 0.25) is 0 Å². The Kier molecular flexibility index (Phi) is 4.31. The van der Waals surface area contributed by atoms with E-state index in [1.807, 2.05) is 6.26 Å². The number of aromatic nitrogens is 2. The molecule has 2 heterocycles. The average molecular weight is 289 g/mol. The van der Waals surface area contributed by atoms with E-state index in [2.05, 4.69) is 15.3 Å². The molecule has 0 atom stereocenters. The fraction of sp³-hybridized carbons (Fsp3) is 0.0769. The quantitative estimate of drug-likeness (QED) is 0.838. The van der Waals surface area contributed by atoms with Gasteiger partial charge in [0.05, 0.1) is 5.56 Å². The van der Waals surface area contributed by atoms with Crippen LogP contribution >= 0.6 is 11.8 Å². The van der Waals surface area contributed by atoms with Crippen molar-refractivity contribution in [1.82, 2.24) is 9.97 Å². The lowest BCUT2D eigenvalue weighted by Gasteiger charge is -2.07. The van der Waals surface area contributed by atoms with E-state index in [0.717, 1.165) is 0 Å². The van der Waals surface area contributed by atoms with E-state index >= 15 is 0 Å². The number of carbonyl (C=O) groups excluding carboxylic acids is 1. The predicted molar refractivity (Wildman–Crippen MR) is 75.2 cm³/mol. The highest BCUT2D eigenvalue weighted by molar-refractivity contribution is 7.98. The van der Waals surface area contributed by atoms with E-state index in [4.69, 9.17) is 5.11 Å². The number of thioether (sulfide) groups is 1. The number of nitrogens with one attached hydrogen (secondary N) is 1. The number of aromatic carboxylic acids is 1. The summed E-state index contributed by atoms with van der Waals surface area (Å²) in [6, 6.07) is 7.71. The summed E-state index contributed by atoms with van der Waals surface area (Å²) in [6.07, 6.45) is 3.42. The fourth-order valence-corrected chi connectivity index (χ4v) is 2.08. The molecule has 0 saturated carbocycles. The van der Waals surface area contributed by atoms with Gasteiger partial charge in [0, 0.05) is 6.20 Å². The molecule has 6 nitrogen and oxygen atoms in total. The molecular weight excluding hydrogens is 278 g/mol. The molecule has 2 rings (SSSR count). The zero-order valence-electron chi connectivity index (χ0n) is 10.5. The van der Waals surface area contributed by atoms with Gasteiger partial charge in [-0.15, -0.1) is 11.8 Å². The molecule has 0 spiro atoms. The molecule has 0 bridgehead atoms. The highest BCUT2D eigenvalue weighted by atomic mass is 32.2. The molecule has 20 heavy (non-hydrogen) atoms. The number of carboxylic acid groups (broad SMARTS) is 1. The summed E-state index contributed by atoms with van der Waals surface area (Å²) in [5, 5.41) is 12.0. The van der Waals surface area contributed by atoms with Gasteiger partial charge in [-0.3, -0.25) is 4.79 Å². The Labute approximate surface area is 119 Å². The van der Waals surface area contributed by atoms with Gasteiger partial charge in [-0.1, -0.05) is 6.07 Å². The first-order chi connectivity index (χ1) is 9.61. The van der Waals surface area contributed by atoms with E-state index in [-0.39, 0.29) is 17.4 Å². The normalized spacial score (nSPS) is 10.1. The second-order valence-corrected chi connectivity index (χ2v) is 4.52. The maximum atomic E-state index is 12.1. The maximum Gasteiger partial charge on any atom is 0.354 e. The Morgan fingerprint density at radius 3 is 2.75 bits per heavy atom. The van der Waals surface area contributed by atoms with Gasteiger partial charge in [0.15, 0.2) is 5.69 Å². The van der Waals surface area contributed by atoms with Crippen LogP contribution in [0.3, 0.4) is 0 Å². The number of amides is 1. The van der Waals surface area contributed by atoms with Crippen LogP contribution in [0, 0.1) is 0 Å². The smallest absolute Gasteiger partial charge is 0.354 e. The van der Waals surface area contributed by atoms with Crippen LogP contribution in [-0.4, -0.2) is 33.2 Å². The monoisotopic (exact) mass is 289 g/mol. The van der Waals surface area contributed by atoms with E-state index in [1.54, 1.807) is 18.3 Å². The molecule has 0 aliphatic carbocycles. The minimum atomic E-state index is -1.15. The van der Waals surface area contributed by atoms with Crippen molar-refractivity contribution >= 4 is 29.5 Å². The summed E-state index contributed by atoms with van der Waals surface area (Å²) in [6.45, 7) is 0. The van der Waals surface area contributed by atoms with E-state index in [1.165, 1.54) is 30.0 Å². The zero-order valence-corrected chi connectivity index (χ0v) is 11.3. The Morgan fingerprint density at radius 1 is 1.25 bits per heavy atom. The van der Waals surface area contributed by atoms with Crippen LogP contribution < -0.4 is 5.32 Å². The summed E-state index contributed by atoms with van der Waals surface area (Å²) in [7, 11) is 0. The molecule has 0 unspecified atom stereocenters. The second kappa shape index (κ2) is 6.16. The lowest BCUT2D eigenvalue weighted by Crippen LogP contribution is -2.15. The van der Waals surface area contributed by atoms with Gasteiger partial charge in [0.1, 0.15) is 10.8 Å². The molecule has 0 saturated heterocycles. The topological polar surface area (TPSA) is 92.2 Å². The summed E-state index contributed by atoms with van der Waals surface area (Å²) < 4.78 is 0. The average Bonchev–Trinajstić information content (AvgIpc) is 2.47. The Balaban J connectivity index is 2.23. The molecule has 0 radical (unpaired) electrons. The predicted octanol–water partition coefficient (Wildman–Crippen LogP) is 2.15. The largest absolute Gasteiger partial charge is 0.477 e. The Bertz CT molecular complexity index is 661. The fourth-order valence-electron chi connectivity index (χ4n) is 1.53. The first kappa shape index (κ1) is 14.0.